The van der Waals surface area contributed by atoms with E-state index < -0.39 is 10.0 Å². The molecule has 0 radical (unpaired) electrons. The van der Waals surface area contributed by atoms with Crippen LogP contribution in [0.25, 0.3) is 0 Å². The molecule has 0 amide bonds. The van der Waals surface area contributed by atoms with Crippen LogP contribution in [0.5, 0.6) is 0 Å². The first-order chi connectivity index (χ1) is 12.8. The van der Waals surface area contributed by atoms with E-state index in [0.29, 0.717) is 12.3 Å². The topological polar surface area (TPSA) is 55.4 Å². The van der Waals surface area contributed by atoms with Crippen LogP contribution < -0.4 is 4.72 Å². The fraction of sp³-hybridized carbons (Fsp3) is 0.478. The summed E-state index contributed by atoms with van der Waals surface area (Å²) in [5.74, 6) is -0.0629. The summed E-state index contributed by atoms with van der Waals surface area (Å²) in [6.07, 6.45) is 0. The molecular weight excluding hydrogens is 370 g/mol. The summed E-state index contributed by atoms with van der Waals surface area (Å²) in [6, 6.07) is 13.5. The van der Waals surface area contributed by atoms with Crippen LogP contribution in [0.3, 0.4) is 0 Å². The van der Waals surface area contributed by atoms with Gasteiger partial charge in [-0.25, -0.2) is 8.42 Å². The molecule has 4 nitrogen and oxygen atoms in total. The van der Waals surface area contributed by atoms with E-state index in [1.165, 1.54) is 0 Å². The minimum Gasteiger partial charge on any atom is -0.380 e. The van der Waals surface area contributed by atoms with Gasteiger partial charge < -0.3 is 4.74 Å². The highest BCUT2D eigenvalue weighted by Gasteiger charge is 2.23. The van der Waals surface area contributed by atoms with Gasteiger partial charge in [-0.1, -0.05) is 71.9 Å². The normalized spacial score (nSPS) is 12.8. The van der Waals surface area contributed by atoms with Crippen LogP contribution >= 0.6 is 0 Å². The fourth-order valence-electron chi connectivity index (χ4n) is 3.17. The third kappa shape index (κ3) is 6.08. The van der Waals surface area contributed by atoms with Crippen molar-refractivity contribution < 1.29 is 13.2 Å². The number of benzene rings is 2. The van der Waals surface area contributed by atoms with Gasteiger partial charge in [-0.15, -0.1) is 0 Å². The van der Waals surface area contributed by atoms with Crippen molar-refractivity contribution in [3.8, 4) is 0 Å². The van der Waals surface area contributed by atoms with Gasteiger partial charge in [-0.05, 0) is 45.2 Å². The molecule has 154 valence electrons. The summed E-state index contributed by atoms with van der Waals surface area (Å²) >= 11 is 0. The summed E-state index contributed by atoms with van der Waals surface area (Å²) < 4.78 is 33.7. The van der Waals surface area contributed by atoms with E-state index in [4.69, 9.17) is 4.74 Å². The van der Waals surface area contributed by atoms with E-state index in [2.05, 4.69) is 52.3 Å². The first-order valence-corrected chi connectivity index (χ1v) is 11.2. The molecule has 28 heavy (non-hydrogen) atoms. The van der Waals surface area contributed by atoms with Gasteiger partial charge in [0.05, 0.1) is 12.4 Å². The zero-order chi connectivity index (χ0) is 21.2. The van der Waals surface area contributed by atoms with Crippen LogP contribution in [0, 0.1) is 0 Å². The van der Waals surface area contributed by atoms with Crippen molar-refractivity contribution in [2.45, 2.75) is 64.7 Å². The number of rotatable bonds is 6. The molecule has 0 unspecified atom stereocenters. The Bertz CT molecular complexity index is 920. The number of methoxy groups -OCH3 is 1. The molecule has 5 heteroatoms. The van der Waals surface area contributed by atoms with Gasteiger partial charge in [0.1, 0.15) is 0 Å². The second kappa shape index (κ2) is 8.26. The van der Waals surface area contributed by atoms with Crippen molar-refractivity contribution in [1.82, 2.24) is 0 Å². The lowest BCUT2D eigenvalue weighted by Gasteiger charge is -2.24. The van der Waals surface area contributed by atoms with E-state index >= 15 is 0 Å². The predicted molar refractivity (Wildman–Crippen MR) is 117 cm³/mol. The van der Waals surface area contributed by atoms with Crippen molar-refractivity contribution in [3.05, 3.63) is 64.7 Å². The number of hydrogen-bond acceptors (Lipinski definition) is 3. The summed E-state index contributed by atoms with van der Waals surface area (Å²) in [5, 5.41) is 0. The zero-order valence-corrected chi connectivity index (χ0v) is 18.9. The maximum Gasteiger partial charge on any atom is 0.236 e. The Morgan fingerprint density at radius 3 is 2.18 bits per heavy atom. The molecule has 0 spiro atoms. The summed E-state index contributed by atoms with van der Waals surface area (Å²) in [4.78, 5) is 0. The average molecular weight is 404 g/mol. The molecule has 2 aromatic carbocycles. The molecular formula is C23H33NO3S. The van der Waals surface area contributed by atoms with Crippen LogP contribution in [0.2, 0.25) is 0 Å². The van der Waals surface area contributed by atoms with Crippen LogP contribution in [0.15, 0.2) is 42.5 Å². The largest absolute Gasteiger partial charge is 0.380 e. The Kier molecular flexibility index (Phi) is 6.62. The molecule has 0 saturated carbocycles. The molecule has 0 fully saturated rings. The Hall–Kier alpha value is -1.85. The Labute approximate surface area is 170 Å². The van der Waals surface area contributed by atoms with Gasteiger partial charge in [-0.3, -0.25) is 4.72 Å². The number of sulfonamides is 1. The molecule has 2 rings (SSSR count). The molecule has 0 aliphatic rings. The van der Waals surface area contributed by atoms with Crippen molar-refractivity contribution >= 4 is 15.7 Å². The van der Waals surface area contributed by atoms with Crippen LogP contribution in [-0.2, 0) is 37.9 Å². The fourth-order valence-corrected chi connectivity index (χ4v) is 4.39. The van der Waals surface area contributed by atoms with Gasteiger partial charge in [0.25, 0.3) is 0 Å². The zero-order valence-electron chi connectivity index (χ0n) is 18.1. The quantitative estimate of drug-likeness (QED) is 0.705. The van der Waals surface area contributed by atoms with Crippen molar-refractivity contribution in [2.75, 3.05) is 11.8 Å². The summed E-state index contributed by atoms with van der Waals surface area (Å²) in [5.41, 5.74) is 4.36. The molecule has 0 aliphatic heterocycles. The minimum absolute atomic E-state index is 0.0436. The standard InChI is InChI=1S/C23H33NO3S/c1-22(2,3)19-9-8-10-20(14-19)24-28(25,26)16-18-12-11-17(15-27-7)13-21(18)23(4,5)6/h8-14,24H,15-16H2,1-7H3. The van der Waals surface area contributed by atoms with Crippen LogP contribution in [-0.4, -0.2) is 15.5 Å². The lowest BCUT2D eigenvalue weighted by atomic mass is 9.83. The number of ether oxygens (including phenoxy) is 1. The Morgan fingerprint density at radius 1 is 0.929 bits per heavy atom. The van der Waals surface area contributed by atoms with Crippen LogP contribution in [0.1, 0.15) is 63.8 Å². The summed E-state index contributed by atoms with van der Waals surface area (Å²) in [7, 11) is -1.88. The molecule has 1 N–H and O–H groups in total. The lowest BCUT2D eigenvalue weighted by molar-refractivity contribution is 0.184. The van der Waals surface area contributed by atoms with Crippen molar-refractivity contribution in [2.24, 2.45) is 0 Å². The van der Waals surface area contributed by atoms with E-state index in [0.717, 1.165) is 22.3 Å². The van der Waals surface area contributed by atoms with Gasteiger partial charge in [0.2, 0.25) is 10.0 Å². The highest BCUT2D eigenvalue weighted by molar-refractivity contribution is 7.91. The monoisotopic (exact) mass is 403 g/mol. The molecule has 2 aromatic rings. The van der Waals surface area contributed by atoms with E-state index in [-0.39, 0.29) is 16.6 Å². The van der Waals surface area contributed by atoms with Gasteiger partial charge in [0, 0.05) is 12.8 Å². The van der Waals surface area contributed by atoms with E-state index in [9.17, 15) is 8.42 Å². The first-order valence-electron chi connectivity index (χ1n) is 9.54. The lowest BCUT2D eigenvalue weighted by Crippen LogP contribution is -2.20. The maximum atomic E-state index is 12.9. The van der Waals surface area contributed by atoms with E-state index in [1.54, 1.807) is 13.2 Å². The maximum absolute atomic E-state index is 12.9. The second-order valence-corrected chi connectivity index (χ2v) is 11.1. The molecule has 0 saturated heterocycles. The first kappa shape index (κ1) is 22.4. The van der Waals surface area contributed by atoms with Crippen LogP contribution in [0.4, 0.5) is 5.69 Å². The van der Waals surface area contributed by atoms with Gasteiger partial charge >= 0.3 is 0 Å². The second-order valence-electron chi connectivity index (χ2n) is 9.37. The molecule has 0 aliphatic carbocycles. The molecule has 0 heterocycles. The average Bonchev–Trinajstić information content (AvgIpc) is 2.54. The highest BCUT2D eigenvalue weighted by atomic mass is 32.2. The smallest absolute Gasteiger partial charge is 0.236 e. The summed E-state index contributed by atoms with van der Waals surface area (Å²) in [6.45, 7) is 13.1. The van der Waals surface area contributed by atoms with E-state index in [1.807, 2.05) is 30.3 Å². The Balaban J connectivity index is 2.32. The van der Waals surface area contributed by atoms with Crippen molar-refractivity contribution in [1.29, 1.82) is 0 Å². The number of hydrogen-bond donors (Lipinski definition) is 1. The van der Waals surface area contributed by atoms with Gasteiger partial charge in [-0.2, -0.15) is 0 Å². The highest BCUT2D eigenvalue weighted by Crippen LogP contribution is 2.30. The molecule has 0 atom stereocenters. The van der Waals surface area contributed by atoms with Crippen molar-refractivity contribution in [3.63, 3.8) is 0 Å². The molecule has 0 bridgehead atoms. The Morgan fingerprint density at radius 2 is 1.61 bits per heavy atom. The number of nitrogens with one attached hydrogen (secondary N) is 1. The third-order valence-electron chi connectivity index (χ3n) is 4.64. The number of anilines is 1. The minimum atomic E-state index is -3.54. The van der Waals surface area contributed by atoms with Gasteiger partial charge in [0.15, 0.2) is 0 Å². The molecule has 0 aromatic heterocycles. The predicted octanol–water partition coefficient (Wildman–Crippen LogP) is 5.37. The SMILES string of the molecule is COCc1ccc(CS(=O)(=O)Nc2cccc(C(C)(C)C)c2)c(C(C)(C)C)c1. The third-order valence-corrected chi connectivity index (χ3v) is 5.88.